The molecule has 5 nitrogen and oxygen atoms in total. The lowest BCUT2D eigenvalue weighted by atomic mass is 10.2. The summed E-state index contributed by atoms with van der Waals surface area (Å²) in [5.74, 6) is -0.284. The summed E-state index contributed by atoms with van der Waals surface area (Å²) in [7, 11) is 0. The molecule has 106 valence electrons. The van der Waals surface area contributed by atoms with Crippen molar-refractivity contribution in [1.82, 2.24) is 14.6 Å². The molecule has 21 heavy (non-hydrogen) atoms. The average molecular weight is 301 g/mol. The van der Waals surface area contributed by atoms with Crippen LogP contribution in [-0.2, 0) is 0 Å². The van der Waals surface area contributed by atoms with Crippen molar-refractivity contribution in [3.05, 3.63) is 58.5 Å². The highest BCUT2D eigenvalue weighted by atomic mass is 35.5. The first-order chi connectivity index (χ1) is 10.0. The zero-order valence-corrected chi connectivity index (χ0v) is 12.3. The minimum atomic E-state index is -0.284. The van der Waals surface area contributed by atoms with E-state index in [1.807, 2.05) is 19.9 Å². The monoisotopic (exact) mass is 300 g/mol. The van der Waals surface area contributed by atoms with Gasteiger partial charge in [0.25, 0.3) is 5.91 Å². The molecular formula is C15H13ClN4O. The number of amides is 1. The molecule has 0 bridgehead atoms. The van der Waals surface area contributed by atoms with Crippen LogP contribution in [0.4, 0.5) is 5.69 Å². The van der Waals surface area contributed by atoms with Gasteiger partial charge in [0, 0.05) is 10.7 Å². The number of benzene rings is 1. The Morgan fingerprint density at radius 1 is 1.24 bits per heavy atom. The first kappa shape index (κ1) is 13.6. The standard InChI is InChI=1S/C15H13ClN4O/c1-9-3-4-11(16)7-13(9)18-15(21)12-5-6-14-17-10(2)8-20(14)19-12/h3-8H,1-2H3,(H,18,21). The third kappa shape index (κ3) is 2.73. The highest BCUT2D eigenvalue weighted by molar-refractivity contribution is 6.31. The van der Waals surface area contributed by atoms with Crippen LogP contribution < -0.4 is 5.32 Å². The number of carbonyl (C=O) groups excluding carboxylic acids is 1. The van der Waals surface area contributed by atoms with Gasteiger partial charge in [-0.05, 0) is 43.7 Å². The smallest absolute Gasteiger partial charge is 0.276 e. The van der Waals surface area contributed by atoms with Crippen molar-refractivity contribution in [3.8, 4) is 0 Å². The number of carbonyl (C=O) groups is 1. The molecule has 2 heterocycles. The van der Waals surface area contributed by atoms with Gasteiger partial charge in [-0.25, -0.2) is 9.50 Å². The van der Waals surface area contributed by atoms with E-state index in [1.54, 1.807) is 35.0 Å². The lowest BCUT2D eigenvalue weighted by Gasteiger charge is -2.08. The van der Waals surface area contributed by atoms with Gasteiger partial charge in [-0.2, -0.15) is 5.10 Å². The number of rotatable bonds is 2. The summed E-state index contributed by atoms with van der Waals surface area (Å²) in [6.07, 6.45) is 1.77. The van der Waals surface area contributed by atoms with E-state index in [0.29, 0.717) is 22.1 Å². The molecule has 6 heteroatoms. The lowest BCUT2D eigenvalue weighted by molar-refractivity contribution is 0.102. The van der Waals surface area contributed by atoms with Crippen LogP contribution in [0.1, 0.15) is 21.7 Å². The molecular weight excluding hydrogens is 288 g/mol. The second kappa shape index (κ2) is 5.18. The molecule has 0 unspecified atom stereocenters. The topological polar surface area (TPSA) is 59.3 Å². The molecule has 1 N–H and O–H groups in total. The van der Waals surface area contributed by atoms with Crippen molar-refractivity contribution >= 4 is 28.8 Å². The van der Waals surface area contributed by atoms with Crippen molar-refractivity contribution in [3.63, 3.8) is 0 Å². The Morgan fingerprint density at radius 3 is 2.86 bits per heavy atom. The maximum Gasteiger partial charge on any atom is 0.276 e. The maximum atomic E-state index is 12.3. The number of hydrogen-bond acceptors (Lipinski definition) is 3. The number of halogens is 1. The van der Waals surface area contributed by atoms with Crippen LogP contribution in [0.3, 0.4) is 0 Å². The second-order valence-corrected chi connectivity index (χ2v) is 5.25. The zero-order chi connectivity index (χ0) is 15.0. The zero-order valence-electron chi connectivity index (χ0n) is 11.6. The molecule has 0 saturated carbocycles. The normalized spacial score (nSPS) is 10.8. The molecule has 2 aromatic heterocycles. The second-order valence-electron chi connectivity index (χ2n) is 4.82. The number of fused-ring (bicyclic) bond motifs is 1. The summed E-state index contributed by atoms with van der Waals surface area (Å²) in [6.45, 7) is 3.78. The molecule has 3 rings (SSSR count). The summed E-state index contributed by atoms with van der Waals surface area (Å²) in [5.41, 5.74) is 3.50. The molecule has 0 atom stereocenters. The Bertz CT molecular complexity index is 841. The van der Waals surface area contributed by atoms with Crippen molar-refractivity contribution in [2.75, 3.05) is 5.32 Å². The molecule has 0 aliphatic rings. The average Bonchev–Trinajstić information content (AvgIpc) is 2.81. The highest BCUT2D eigenvalue weighted by Crippen LogP contribution is 2.20. The Kier molecular flexibility index (Phi) is 3.35. The fourth-order valence-corrected chi connectivity index (χ4v) is 2.21. The van der Waals surface area contributed by atoms with Crippen molar-refractivity contribution < 1.29 is 4.79 Å². The summed E-state index contributed by atoms with van der Waals surface area (Å²) >= 11 is 5.95. The summed E-state index contributed by atoms with van der Waals surface area (Å²) in [4.78, 5) is 16.6. The number of anilines is 1. The third-order valence-corrected chi connectivity index (χ3v) is 3.36. The van der Waals surface area contributed by atoms with Crippen molar-refractivity contribution in [2.45, 2.75) is 13.8 Å². The van der Waals surface area contributed by atoms with E-state index >= 15 is 0 Å². The number of nitrogens with zero attached hydrogens (tertiary/aromatic N) is 3. The van der Waals surface area contributed by atoms with Crippen LogP contribution >= 0.6 is 11.6 Å². The van der Waals surface area contributed by atoms with E-state index in [-0.39, 0.29) is 5.91 Å². The molecule has 0 fully saturated rings. The Hall–Kier alpha value is -2.40. The van der Waals surface area contributed by atoms with Gasteiger partial charge >= 0.3 is 0 Å². The van der Waals surface area contributed by atoms with Gasteiger partial charge in [0.1, 0.15) is 5.69 Å². The van der Waals surface area contributed by atoms with Crippen LogP contribution in [0.25, 0.3) is 5.65 Å². The Labute approximate surface area is 126 Å². The largest absolute Gasteiger partial charge is 0.320 e. The van der Waals surface area contributed by atoms with Crippen LogP contribution in [0.15, 0.2) is 36.5 Å². The van der Waals surface area contributed by atoms with Gasteiger partial charge in [-0.3, -0.25) is 4.79 Å². The Balaban J connectivity index is 1.91. The first-order valence-corrected chi connectivity index (χ1v) is 6.81. The predicted octanol–water partition coefficient (Wildman–Crippen LogP) is 3.25. The summed E-state index contributed by atoms with van der Waals surface area (Å²) in [5, 5.41) is 7.65. The van der Waals surface area contributed by atoms with Crippen LogP contribution in [0, 0.1) is 13.8 Å². The number of imidazole rings is 1. The lowest BCUT2D eigenvalue weighted by Crippen LogP contribution is -2.15. The number of aromatic nitrogens is 3. The number of aryl methyl sites for hydroxylation is 2. The minimum absolute atomic E-state index is 0.284. The molecule has 0 saturated heterocycles. The van der Waals surface area contributed by atoms with Gasteiger partial charge in [0.05, 0.1) is 11.9 Å². The van der Waals surface area contributed by atoms with Gasteiger partial charge in [0.2, 0.25) is 0 Å². The van der Waals surface area contributed by atoms with Gasteiger partial charge in [0.15, 0.2) is 5.65 Å². The van der Waals surface area contributed by atoms with Gasteiger partial charge in [-0.1, -0.05) is 17.7 Å². The molecule has 1 aromatic carbocycles. The molecule has 0 radical (unpaired) electrons. The number of hydrogen-bond donors (Lipinski definition) is 1. The quantitative estimate of drug-likeness (QED) is 0.790. The van der Waals surface area contributed by atoms with E-state index in [2.05, 4.69) is 15.4 Å². The minimum Gasteiger partial charge on any atom is -0.320 e. The van der Waals surface area contributed by atoms with Crippen molar-refractivity contribution in [2.24, 2.45) is 0 Å². The van der Waals surface area contributed by atoms with Crippen LogP contribution in [-0.4, -0.2) is 20.5 Å². The molecule has 3 aromatic rings. The fourth-order valence-electron chi connectivity index (χ4n) is 2.04. The van der Waals surface area contributed by atoms with E-state index in [9.17, 15) is 4.79 Å². The van der Waals surface area contributed by atoms with Crippen molar-refractivity contribution in [1.29, 1.82) is 0 Å². The van der Waals surface area contributed by atoms with E-state index in [1.165, 1.54) is 0 Å². The maximum absolute atomic E-state index is 12.3. The molecule has 0 aliphatic heterocycles. The van der Waals surface area contributed by atoms with Crippen LogP contribution in [0.2, 0.25) is 5.02 Å². The SMILES string of the molecule is Cc1cn2nc(C(=O)Nc3cc(Cl)ccc3C)ccc2n1. The summed E-state index contributed by atoms with van der Waals surface area (Å²) in [6, 6.07) is 8.77. The van der Waals surface area contributed by atoms with Crippen LogP contribution in [0.5, 0.6) is 0 Å². The molecule has 1 amide bonds. The molecule has 0 aliphatic carbocycles. The van der Waals surface area contributed by atoms with E-state index < -0.39 is 0 Å². The van der Waals surface area contributed by atoms with E-state index in [0.717, 1.165) is 11.3 Å². The highest BCUT2D eigenvalue weighted by Gasteiger charge is 2.11. The van der Waals surface area contributed by atoms with Gasteiger partial charge < -0.3 is 5.32 Å². The first-order valence-electron chi connectivity index (χ1n) is 6.43. The summed E-state index contributed by atoms with van der Waals surface area (Å²) < 4.78 is 1.59. The van der Waals surface area contributed by atoms with E-state index in [4.69, 9.17) is 11.6 Å². The molecule has 0 spiro atoms. The third-order valence-electron chi connectivity index (χ3n) is 3.12. The Morgan fingerprint density at radius 2 is 2.05 bits per heavy atom. The number of nitrogens with one attached hydrogen (secondary N) is 1. The van der Waals surface area contributed by atoms with Gasteiger partial charge in [-0.15, -0.1) is 0 Å². The fraction of sp³-hybridized carbons (Fsp3) is 0.133. The predicted molar refractivity (Wildman–Crippen MR) is 81.9 cm³/mol.